The second-order valence-corrected chi connectivity index (χ2v) is 16.4. The van der Waals surface area contributed by atoms with Crippen LogP contribution in [0.2, 0.25) is 9.45 Å². The van der Waals surface area contributed by atoms with Crippen LogP contribution in [0, 0.1) is 0 Å². The van der Waals surface area contributed by atoms with Crippen LogP contribution in [0.1, 0.15) is 76.7 Å². The van der Waals surface area contributed by atoms with Crippen molar-refractivity contribution in [2.45, 2.75) is 63.8 Å². The third-order valence-electron chi connectivity index (χ3n) is 7.55. The van der Waals surface area contributed by atoms with Gasteiger partial charge in [0.1, 0.15) is 0 Å². The van der Waals surface area contributed by atoms with E-state index < -0.39 is 16.6 Å². The molecule has 3 heteroatoms. The van der Waals surface area contributed by atoms with E-state index in [1.807, 2.05) is 0 Å². The van der Waals surface area contributed by atoms with Crippen LogP contribution in [0.4, 0.5) is 0 Å². The van der Waals surface area contributed by atoms with Gasteiger partial charge in [0.05, 0.1) is 0 Å². The van der Waals surface area contributed by atoms with Crippen molar-refractivity contribution in [3.8, 4) is 0 Å². The van der Waals surface area contributed by atoms with E-state index in [-0.39, 0.29) is 24.8 Å². The van der Waals surface area contributed by atoms with Crippen molar-refractivity contribution in [3.05, 3.63) is 81.9 Å². The molecule has 2 aromatic rings. The maximum absolute atomic E-state index is 2.58. The van der Waals surface area contributed by atoms with E-state index in [1.54, 1.807) is 31.7 Å². The Morgan fingerprint density at radius 2 is 1.13 bits per heavy atom. The van der Waals surface area contributed by atoms with Gasteiger partial charge in [0.2, 0.25) is 0 Å². The first-order chi connectivity index (χ1) is 13.8. The van der Waals surface area contributed by atoms with Gasteiger partial charge in [-0.15, -0.1) is 0 Å². The summed E-state index contributed by atoms with van der Waals surface area (Å²) in [4.78, 5) is 0. The van der Waals surface area contributed by atoms with Crippen LogP contribution in [0.3, 0.4) is 0 Å². The maximum Gasteiger partial charge on any atom is -1.00 e. The molecule has 0 radical (unpaired) electrons. The largest absolute Gasteiger partial charge is 1.00 e. The fraction of sp³-hybridized carbons (Fsp3) is 0.407. The van der Waals surface area contributed by atoms with E-state index in [4.69, 9.17) is 0 Å². The van der Waals surface area contributed by atoms with Crippen LogP contribution in [-0.2, 0) is 16.6 Å². The molecule has 30 heavy (non-hydrogen) atoms. The van der Waals surface area contributed by atoms with Gasteiger partial charge >= 0.3 is 175 Å². The minimum absolute atomic E-state index is 0. The monoisotopic (exact) mass is 474 g/mol. The molecule has 158 valence electrons. The molecule has 3 aliphatic rings. The van der Waals surface area contributed by atoms with Gasteiger partial charge in [0, 0.05) is 0 Å². The van der Waals surface area contributed by atoms with Crippen molar-refractivity contribution < 1.29 is 41.4 Å². The van der Waals surface area contributed by atoms with Gasteiger partial charge < -0.3 is 24.8 Å². The third kappa shape index (κ3) is 3.69. The van der Waals surface area contributed by atoms with Crippen molar-refractivity contribution in [2.24, 2.45) is 0 Å². The molecule has 2 atom stereocenters. The smallest absolute Gasteiger partial charge is 1.00 e. The van der Waals surface area contributed by atoms with Gasteiger partial charge in [0.15, 0.2) is 0 Å². The standard InChI is InChI=1S/2C12H13.C3H6.2ClH.Ti/c2*1-2-5-10-8-11-6-3-4-7-12(11)9-10;1-3-2;;;/h2*3-4,6-9H,2,5H2,1H3;1-3H2;2*1H;/q;;;;;+2/p-2. The zero-order valence-electron chi connectivity index (χ0n) is 18.1. The number of fused-ring (bicyclic) bond motifs is 2. The first-order valence-corrected chi connectivity index (χ1v) is 15.4. The Labute approximate surface area is 198 Å². The molecular formula is C27H32Cl2Ti. The van der Waals surface area contributed by atoms with Crippen molar-refractivity contribution in [3.63, 3.8) is 0 Å². The van der Waals surface area contributed by atoms with Crippen LogP contribution in [-0.4, -0.2) is 0 Å². The number of halogens is 2. The molecule has 0 amide bonds. The minimum atomic E-state index is -2.18. The molecule has 2 aromatic carbocycles. The second-order valence-electron chi connectivity index (χ2n) is 9.15. The Morgan fingerprint density at radius 1 is 0.700 bits per heavy atom. The first kappa shape index (κ1) is 23.9. The molecule has 2 aliphatic carbocycles. The SMILES string of the molecule is CCCC1=Cc2ccccc2[CH]1[Ti+2]1([CH]2C(CCC)=Cc3ccccc32)[CH2]C[CH2]1.[Cl-].[Cl-]. The van der Waals surface area contributed by atoms with Crippen LogP contribution in [0.5, 0.6) is 0 Å². The molecule has 0 N–H and O–H groups in total. The quantitative estimate of drug-likeness (QED) is 0.563. The predicted molar refractivity (Wildman–Crippen MR) is 118 cm³/mol. The zero-order valence-corrected chi connectivity index (χ0v) is 21.2. The van der Waals surface area contributed by atoms with E-state index in [1.165, 1.54) is 43.2 Å². The summed E-state index contributed by atoms with van der Waals surface area (Å²) in [5.74, 6) is 0. The Hall–Kier alpha value is -0.786. The summed E-state index contributed by atoms with van der Waals surface area (Å²) in [6.07, 6.45) is 11.7. The van der Waals surface area contributed by atoms with E-state index in [2.05, 4.69) is 74.5 Å². The minimum Gasteiger partial charge on any atom is -1.00 e. The number of benzene rings is 2. The molecule has 0 aromatic heterocycles. The van der Waals surface area contributed by atoms with Crippen LogP contribution >= 0.6 is 0 Å². The molecule has 1 saturated heterocycles. The topological polar surface area (TPSA) is 0 Å². The molecule has 0 nitrogen and oxygen atoms in total. The average Bonchev–Trinajstić information content (AvgIpc) is 3.22. The van der Waals surface area contributed by atoms with Crippen LogP contribution in [0.15, 0.2) is 59.7 Å². The molecule has 2 unspecified atom stereocenters. The zero-order chi connectivity index (χ0) is 19.1. The van der Waals surface area contributed by atoms with Gasteiger partial charge in [-0.1, -0.05) is 0 Å². The third-order valence-corrected chi connectivity index (χ3v) is 17.3. The first-order valence-electron chi connectivity index (χ1n) is 11.4. The Kier molecular flexibility index (Phi) is 7.78. The average molecular weight is 475 g/mol. The summed E-state index contributed by atoms with van der Waals surface area (Å²) in [6, 6.07) is 18.7. The summed E-state index contributed by atoms with van der Waals surface area (Å²) >= 11 is -2.18. The van der Waals surface area contributed by atoms with Gasteiger partial charge in [-0.05, 0) is 0 Å². The Balaban J connectivity index is 0.00000128. The normalized spacial score (nSPS) is 21.5. The van der Waals surface area contributed by atoms with Gasteiger partial charge in [-0.25, -0.2) is 0 Å². The van der Waals surface area contributed by atoms with Crippen molar-refractivity contribution in [1.29, 1.82) is 0 Å². The van der Waals surface area contributed by atoms with Gasteiger partial charge in [-0.2, -0.15) is 0 Å². The molecule has 1 fully saturated rings. The fourth-order valence-corrected chi connectivity index (χ4v) is 16.4. The van der Waals surface area contributed by atoms with Crippen molar-refractivity contribution in [1.82, 2.24) is 0 Å². The molecule has 5 rings (SSSR count). The summed E-state index contributed by atoms with van der Waals surface area (Å²) in [5.41, 5.74) is 9.99. The molecule has 1 heterocycles. The van der Waals surface area contributed by atoms with Crippen molar-refractivity contribution in [2.75, 3.05) is 0 Å². The summed E-state index contributed by atoms with van der Waals surface area (Å²) in [5, 5.41) is 0. The van der Waals surface area contributed by atoms with E-state index in [0.717, 1.165) is 8.45 Å². The molecular weight excluding hydrogens is 443 g/mol. The fourth-order valence-electron chi connectivity index (χ4n) is 6.47. The molecule has 0 spiro atoms. The summed E-state index contributed by atoms with van der Waals surface area (Å²) in [7, 11) is 0. The van der Waals surface area contributed by atoms with E-state index >= 15 is 0 Å². The van der Waals surface area contributed by atoms with Crippen LogP contribution in [0.25, 0.3) is 12.2 Å². The maximum atomic E-state index is 2.58. The number of hydrogen-bond acceptors (Lipinski definition) is 0. The van der Waals surface area contributed by atoms with Crippen molar-refractivity contribution >= 4 is 12.2 Å². The number of allylic oxidation sites excluding steroid dienone is 2. The molecule has 0 bridgehead atoms. The van der Waals surface area contributed by atoms with Gasteiger partial charge in [-0.3, -0.25) is 0 Å². The Bertz CT molecular complexity index is 881. The molecule has 1 aliphatic heterocycles. The predicted octanol–water partition coefficient (Wildman–Crippen LogP) is 2.27. The van der Waals surface area contributed by atoms with Crippen LogP contribution < -0.4 is 24.8 Å². The number of hydrogen-bond donors (Lipinski definition) is 0. The molecule has 0 saturated carbocycles. The number of rotatable bonds is 6. The second kappa shape index (κ2) is 9.78. The Morgan fingerprint density at radius 3 is 1.50 bits per heavy atom. The van der Waals surface area contributed by atoms with Gasteiger partial charge in [0.25, 0.3) is 0 Å². The summed E-state index contributed by atoms with van der Waals surface area (Å²) in [6.45, 7) is 4.71. The van der Waals surface area contributed by atoms with E-state index in [0.29, 0.717) is 0 Å². The van der Waals surface area contributed by atoms with E-state index in [9.17, 15) is 0 Å². The summed E-state index contributed by atoms with van der Waals surface area (Å²) < 4.78 is 4.70.